The van der Waals surface area contributed by atoms with Gasteiger partial charge in [0.1, 0.15) is 0 Å². The highest BCUT2D eigenvalue weighted by Crippen LogP contribution is 2.18. The number of hydrogen-bond donors (Lipinski definition) is 2. The van der Waals surface area contributed by atoms with Crippen molar-refractivity contribution in [3.63, 3.8) is 0 Å². The van der Waals surface area contributed by atoms with Crippen molar-refractivity contribution >= 4 is 11.6 Å². The molecule has 0 amide bonds. The van der Waals surface area contributed by atoms with Crippen molar-refractivity contribution in [3.8, 4) is 0 Å². The highest BCUT2D eigenvalue weighted by Gasteiger charge is 2.17. The summed E-state index contributed by atoms with van der Waals surface area (Å²) in [4.78, 5) is 13.6. The van der Waals surface area contributed by atoms with Gasteiger partial charge in [-0.15, -0.1) is 11.6 Å². The standard InChI is InChI=1S/C8H8ClF2NO2/c9-1-4-2-12-6(8(10)11)5(3-13)7(4)14/h2,8,13H,1,3H2,(H,12,14). The first-order valence-corrected chi connectivity index (χ1v) is 4.33. The van der Waals surface area contributed by atoms with E-state index in [0.717, 1.165) is 6.20 Å². The minimum absolute atomic E-state index is 0.0775. The van der Waals surface area contributed by atoms with E-state index in [9.17, 15) is 13.6 Å². The van der Waals surface area contributed by atoms with Crippen LogP contribution in [0.1, 0.15) is 23.2 Å². The third kappa shape index (κ3) is 1.93. The lowest BCUT2D eigenvalue weighted by Crippen LogP contribution is -2.18. The summed E-state index contributed by atoms with van der Waals surface area (Å²) in [6, 6.07) is 0. The molecule has 3 nitrogen and oxygen atoms in total. The summed E-state index contributed by atoms with van der Waals surface area (Å²) in [5, 5.41) is 8.77. The van der Waals surface area contributed by atoms with Crippen molar-refractivity contribution in [2.75, 3.05) is 0 Å². The Morgan fingerprint density at radius 3 is 2.64 bits per heavy atom. The molecular formula is C8H8ClF2NO2. The lowest BCUT2D eigenvalue weighted by molar-refractivity contribution is 0.141. The molecule has 1 aromatic rings. The van der Waals surface area contributed by atoms with Crippen LogP contribution in [-0.4, -0.2) is 10.1 Å². The van der Waals surface area contributed by atoms with E-state index in [4.69, 9.17) is 16.7 Å². The van der Waals surface area contributed by atoms with Crippen LogP contribution in [0.3, 0.4) is 0 Å². The van der Waals surface area contributed by atoms with E-state index in [-0.39, 0.29) is 17.0 Å². The van der Waals surface area contributed by atoms with Gasteiger partial charge in [-0.1, -0.05) is 0 Å². The molecule has 0 saturated carbocycles. The topological polar surface area (TPSA) is 53.1 Å². The summed E-state index contributed by atoms with van der Waals surface area (Å²) in [6.07, 6.45) is -1.68. The van der Waals surface area contributed by atoms with Crippen LogP contribution < -0.4 is 5.43 Å². The first-order valence-electron chi connectivity index (χ1n) is 3.80. The van der Waals surface area contributed by atoms with Crippen molar-refractivity contribution in [1.29, 1.82) is 0 Å². The van der Waals surface area contributed by atoms with Gasteiger partial charge in [-0.25, -0.2) is 8.78 Å². The molecule has 0 radical (unpaired) electrons. The monoisotopic (exact) mass is 223 g/mol. The van der Waals surface area contributed by atoms with Crippen LogP contribution in [-0.2, 0) is 12.5 Å². The number of alkyl halides is 3. The molecule has 0 bridgehead atoms. The zero-order chi connectivity index (χ0) is 10.7. The van der Waals surface area contributed by atoms with E-state index >= 15 is 0 Å². The zero-order valence-corrected chi connectivity index (χ0v) is 7.81. The number of aliphatic hydroxyl groups is 1. The highest BCUT2D eigenvalue weighted by atomic mass is 35.5. The Balaban J connectivity index is 3.36. The first kappa shape index (κ1) is 11.1. The van der Waals surface area contributed by atoms with E-state index in [0.29, 0.717) is 0 Å². The number of rotatable bonds is 3. The van der Waals surface area contributed by atoms with E-state index in [2.05, 4.69) is 4.98 Å². The van der Waals surface area contributed by atoms with E-state index in [1.165, 1.54) is 0 Å². The maximum Gasteiger partial charge on any atom is 0.278 e. The molecule has 0 aliphatic carbocycles. The number of H-pyrrole nitrogens is 1. The van der Waals surface area contributed by atoms with E-state index in [1.807, 2.05) is 0 Å². The van der Waals surface area contributed by atoms with Crippen LogP contribution in [0.25, 0.3) is 0 Å². The van der Waals surface area contributed by atoms with Gasteiger partial charge >= 0.3 is 0 Å². The predicted octanol–water partition coefficient (Wildman–Crippen LogP) is 1.54. The normalized spacial score (nSPS) is 10.9. The molecule has 1 rings (SSSR count). The van der Waals surface area contributed by atoms with E-state index < -0.39 is 24.2 Å². The Hall–Kier alpha value is -0.940. The second-order valence-electron chi connectivity index (χ2n) is 2.63. The van der Waals surface area contributed by atoms with Gasteiger partial charge in [0.05, 0.1) is 23.7 Å². The Morgan fingerprint density at radius 2 is 2.21 bits per heavy atom. The first-order chi connectivity index (χ1) is 6.61. The Labute approximate surface area is 83.3 Å². The highest BCUT2D eigenvalue weighted by molar-refractivity contribution is 6.17. The summed E-state index contributed by atoms with van der Waals surface area (Å²) in [5.74, 6) is -0.0775. The molecule has 0 aliphatic rings. The molecule has 1 aromatic heterocycles. The Kier molecular flexibility index (Phi) is 3.60. The lowest BCUT2D eigenvalue weighted by Gasteiger charge is -2.06. The van der Waals surface area contributed by atoms with Crippen LogP contribution >= 0.6 is 11.6 Å². The van der Waals surface area contributed by atoms with Crippen molar-refractivity contribution in [2.24, 2.45) is 0 Å². The van der Waals surface area contributed by atoms with Gasteiger partial charge in [-0.05, 0) is 0 Å². The number of pyridine rings is 1. The number of aromatic nitrogens is 1. The summed E-state index contributed by atoms with van der Waals surface area (Å²) in [6.45, 7) is -0.722. The van der Waals surface area contributed by atoms with Crippen LogP contribution in [0.2, 0.25) is 0 Å². The van der Waals surface area contributed by atoms with E-state index in [1.54, 1.807) is 0 Å². The smallest absolute Gasteiger partial charge is 0.278 e. The molecule has 2 N–H and O–H groups in total. The fraction of sp³-hybridized carbons (Fsp3) is 0.375. The summed E-state index contributed by atoms with van der Waals surface area (Å²) in [7, 11) is 0. The minimum Gasteiger partial charge on any atom is -0.391 e. The van der Waals surface area contributed by atoms with Gasteiger partial charge in [0.25, 0.3) is 6.43 Å². The molecule has 0 aliphatic heterocycles. The lowest BCUT2D eigenvalue weighted by atomic mass is 10.1. The third-order valence-corrected chi connectivity index (χ3v) is 2.10. The Morgan fingerprint density at radius 1 is 1.57 bits per heavy atom. The second kappa shape index (κ2) is 4.52. The molecule has 0 aromatic carbocycles. The maximum absolute atomic E-state index is 12.3. The maximum atomic E-state index is 12.3. The molecule has 6 heteroatoms. The summed E-state index contributed by atoms with van der Waals surface area (Å²) >= 11 is 5.40. The van der Waals surface area contributed by atoms with Gasteiger partial charge in [0.2, 0.25) is 0 Å². The van der Waals surface area contributed by atoms with Gasteiger partial charge in [0.15, 0.2) is 5.43 Å². The number of aromatic amines is 1. The molecule has 14 heavy (non-hydrogen) atoms. The van der Waals surface area contributed by atoms with Gasteiger partial charge in [-0.3, -0.25) is 4.79 Å². The predicted molar refractivity (Wildman–Crippen MR) is 47.5 cm³/mol. The van der Waals surface area contributed by atoms with Crippen LogP contribution in [0.4, 0.5) is 8.78 Å². The summed E-state index contributed by atoms with van der Waals surface area (Å²) < 4.78 is 24.6. The molecule has 78 valence electrons. The van der Waals surface area contributed by atoms with Crippen molar-refractivity contribution < 1.29 is 13.9 Å². The zero-order valence-electron chi connectivity index (χ0n) is 7.06. The van der Waals surface area contributed by atoms with Crippen molar-refractivity contribution in [3.05, 3.63) is 33.2 Å². The van der Waals surface area contributed by atoms with Crippen molar-refractivity contribution in [1.82, 2.24) is 4.98 Å². The SMILES string of the molecule is O=c1c(CCl)c[nH]c(C(F)F)c1CO. The second-order valence-corrected chi connectivity index (χ2v) is 2.89. The fourth-order valence-electron chi connectivity index (χ4n) is 1.08. The molecule has 0 saturated heterocycles. The number of nitrogens with one attached hydrogen (secondary N) is 1. The van der Waals surface area contributed by atoms with Gasteiger partial charge in [-0.2, -0.15) is 0 Å². The number of halogens is 3. The molecule has 0 atom stereocenters. The molecular weight excluding hydrogens is 216 g/mol. The number of aliphatic hydroxyl groups excluding tert-OH is 1. The molecule has 0 unspecified atom stereocenters. The average Bonchev–Trinajstić information content (AvgIpc) is 2.17. The molecule has 0 spiro atoms. The van der Waals surface area contributed by atoms with Crippen LogP contribution in [0.5, 0.6) is 0 Å². The largest absolute Gasteiger partial charge is 0.391 e. The van der Waals surface area contributed by atoms with Crippen molar-refractivity contribution in [2.45, 2.75) is 18.9 Å². The van der Waals surface area contributed by atoms with Crippen LogP contribution in [0.15, 0.2) is 11.0 Å². The van der Waals surface area contributed by atoms with Gasteiger partial charge < -0.3 is 10.1 Å². The average molecular weight is 224 g/mol. The molecule has 1 heterocycles. The quantitative estimate of drug-likeness (QED) is 0.764. The third-order valence-electron chi connectivity index (χ3n) is 1.81. The Bertz CT molecular complexity index is 378. The van der Waals surface area contributed by atoms with Gasteiger partial charge in [0, 0.05) is 11.8 Å². The van der Waals surface area contributed by atoms with Crippen LogP contribution in [0, 0.1) is 0 Å². The summed E-state index contributed by atoms with van der Waals surface area (Å²) in [5.41, 5.74) is -1.33. The minimum atomic E-state index is -2.81. The fourth-order valence-corrected chi connectivity index (χ4v) is 1.28. The molecule has 0 fully saturated rings. The number of hydrogen-bond acceptors (Lipinski definition) is 2.